The molecule has 1 aliphatic carbocycles. The van der Waals surface area contributed by atoms with Gasteiger partial charge in [0.05, 0.1) is 16.9 Å². The Labute approximate surface area is 126 Å². The number of aromatic nitrogens is 2. The molecule has 1 aliphatic rings. The summed E-state index contributed by atoms with van der Waals surface area (Å²) in [6.07, 6.45) is 7.31. The van der Waals surface area contributed by atoms with Gasteiger partial charge in [-0.2, -0.15) is 5.10 Å². The van der Waals surface area contributed by atoms with Crippen LogP contribution in [0.3, 0.4) is 0 Å². The zero-order valence-electron chi connectivity index (χ0n) is 13.4. The van der Waals surface area contributed by atoms with Gasteiger partial charge in [0.25, 0.3) is 5.91 Å². The van der Waals surface area contributed by atoms with Crippen molar-refractivity contribution in [3.05, 3.63) is 17.5 Å². The van der Waals surface area contributed by atoms with Gasteiger partial charge < -0.3 is 10.4 Å². The summed E-state index contributed by atoms with van der Waals surface area (Å²) in [5, 5.41) is 17.7. The Morgan fingerprint density at radius 3 is 2.71 bits per heavy atom. The molecule has 5 heteroatoms. The number of carbonyl (C=O) groups excluding carboxylic acids is 1. The number of nitrogens with zero attached hydrogens (tertiary/aromatic N) is 2. The second kappa shape index (κ2) is 6.60. The number of hydrogen-bond donors (Lipinski definition) is 2. The molecule has 118 valence electrons. The van der Waals surface area contributed by atoms with Crippen molar-refractivity contribution < 1.29 is 9.90 Å². The molecule has 1 heterocycles. The van der Waals surface area contributed by atoms with Crippen molar-refractivity contribution in [2.45, 2.75) is 58.0 Å². The van der Waals surface area contributed by atoms with Gasteiger partial charge in [0.1, 0.15) is 0 Å². The van der Waals surface area contributed by atoms with E-state index in [0.29, 0.717) is 12.1 Å². The summed E-state index contributed by atoms with van der Waals surface area (Å²) in [4.78, 5) is 12.3. The van der Waals surface area contributed by atoms with E-state index in [4.69, 9.17) is 0 Å². The van der Waals surface area contributed by atoms with Gasteiger partial charge in [-0.3, -0.25) is 9.48 Å². The van der Waals surface area contributed by atoms with E-state index in [2.05, 4.69) is 17.3 Å². The molecule has 0 saturated heterocycles. The number of hydrogen-bond acceptors (Lipinski definition) is 3. The van der Waals surface area contributed by atoms with E-state index in [1.54, 1.807) is 10.9 Å². The minimum absolute atomic E-state index is 0.133. The average Bonchev–Trinajstić information content (AvgIpc) is 2.87. The van der Waals surface area contributed by atoms with Crippen molar-refractivity contribution in [1.29, 1.82) is 0 Å². The number of carbonyl (C=O) groups is 1. The fraction of sp³-hybridized carbons (Fsp3) is 0.750. The number of aryl methyl sites for hydroxylation is 2. The van der Waals surface area contributed by atoms with Crippen molar-refractivity contribution in [1.82, 2.24) is 15.1 Å². The van der Waals surface area contributed by atoms with Gasteiger partial charge in [-0.15, -0.1) is 0 Å². The van der Waals surface area contributed by atoms with Crippen LogP contribution in [0.15, 0.2) is 6.20 Å². The molecule has 5 nitrogen and oxygen atoms in total. The molecular weight excluding hydrogens is 266 g/mol. The van der Waals surface area contributed by atoms with Gasteiger partial charge in [0, 0.05) is 19.8 Å². The van der Waals surface area contributed by atoms with Crippen LogP contribution in [0.4, 0.5) is 0 Å². The van der Waals surface area contributed by atoms with Crippen molar-refractivity contribution in [2.75, 3.05) is 6.54 Å². The van der Waals surface area contributed by atoms with Gasteiger partial charge in [0.2, 0.25) is 0 Å². The summed E-state index contributed by atoms with van der Waals surface area (Å²) in [5.41, 5.74) is 0.679. The third kappa shape index (κ3) is 3.84. The zero-order valence-corrected chi connectivity index (χ0v) is 13.4. The first kappa shape index (κ1) is 16.0. The standard InChI is InChI=1S/C16H27N3O2/c1-4-12-6-8-16(21,9-7-12)11-17-15(20)13-10-19(3)18-14(13)5-2/h10,12,21H,4-9,11H2,1-3H3,(H,17,20). The van der Waals surface area contributed by atoms with E-state index < -0.39 is 5.60 Å². The predicted octanol–water partition coefficient (Wildman–Crippen LogP) is 2.04. The highest BCUT2D eigenvalue weighted by atomic mass is 16.3. The molecule has 1 saturated carbocycles. The van der Waals surface area contributed by atoms with Gasteiger partial charge in [-0.05, 0) is 38.0 Å². The van der Waals surface area contributed by atoms with Crippen LogP contribution in [0.5, 0.6) is 0 Å². The molecule has 0 radical (unpaired) electrons. The van der Waals surface area contributed by atoms with Crippen LogP contribution in [-0.2, 0) is 13.5 Å². The molecule has 0 unspecified atom stereocenters. The fourth-order valence-corrected chi connectivity index (χ4v) is 3.13. The van der Waals surface area contributed by atoms with E-state index in [9.17, 15) is 9.90 Å². The van der Waals surface area contributed by atoms with Crippen LogP contribution >= 0.6 is 0 Å². The van der Waals surface area contributed by atoms with Gasteiger partial charge in [-0.25, -0.2) is 0 Å². The van der Waals surface area contributed by atoms with Crippen LogP contribution in [0.2, 0.25) is 0 Å². The highest BCUT2D eigenvalue weighted by Crippen LogP contribution is 2.33. The summed E-state index contributed by atoms with van der Waals surface area (Å²) in [6.45, 7) is 4.52. The monoisotopic (exact) mass is 293 g/mol. The quantitative estimate of drug-likeness (QED) is 0.873. The maximum Gasteiger partial charge on any atom is 0.254 e. The Hall–Kier alpha value is -1.36. The molecule has 0 aliphatic heterocycles. The van der Waals surface area contributed by atoms with E-state index in [-0.39, 0.29) is 5.91 Å². The number of aliphatic hydroxyl groups is 1. The Balaban J connectivity index is 1.92. The molecule has 2 N–H and O–H groups in total. The first-order chi connectivity index (χ1) is 9.97. The molecule has 21 heavy (non-hydrogen) atoms. The van der Waals surface area contributed by atoms with Gasteiger partial charge >= 0.3 is 0 Å². The summed E-state index contributed by atoms with van der Waals surface area (Å²) in [6, 6.07) is 0. The van der Waals surface area contributed by atoms with E-state index >= 15 is 0 Å². The number of nitrogens with one attached hydrogen (secondary N) is 1. The van der Waals surface area contributed by atoms with Crippen molar-refractivity contribution in [3.8, 4) is 0 Å². The lowest BCUT2D eigenvalue weighted by Gasteiger charge is -2.35. The summed E-state index contributed by atoms with van der Waals surface area (Å²) in [7, 11) is 1.81. The molecule has 0 aromatic carbocycles. The van der Waals surface area contributed by atoms with Gasteiger partial charge in [-0.1, -0.05) is 20.3 Å². The maximum absolute atomic E-state index is 12.3. The SMILES string of the molecule is CCc1nn(C)cc1C(=O)NCC1(O)CCC(CC)CC1. The molecule has 1 aromatic rings. The number of rotatable bonds is 5. The average molecular weight is 293 g/mol. The third-order valence-corrected chi connectivity index (χ3v) is 4.68. The van der Waals surface area contributed by atoms with Crippen molar-refractivity contribution >= 4 is 5.91 Å². The minimum Gasteiger partial charge on any atom is -0.388 e. The molecule has 1 aromatic heterocycles. The Bertz CT molecular complexity index is 488. The van der Waals surface area contributed by atoms with Crippen LogP contribution in [0, 0.1) is 5.92 Å². The largest absolute Gasteiger partial charge is 0.388 e. The lowest BCUT2D eigenvalue weighted by molar-refractivity contribution is -0.00787. The van der Waals surface area contributed by atoms with Crippen molar-refractivity contribution in [3.63, 3.8) is 0 Å². The van der Waals surface area contributed by atoms with Crippen LogP contribution in [-0.4, -0.2) is 32.9 Å². The maximum atomic E-state index is 12.3. The molecule has 0 bridgehead atoms. The zero-order chi connectivity index (χ0) is 15.5. The molecule has 2 rings (SSSR count). The first-order valence-electron chi connectivity index (χ1n) is 8.00. The lowest BCUT2D eigenvalue weighted by Crippen LogP contribution is -2.45. The molecule has 1 fully saturated rings. The van der Waals surface area contributed by atoms with Gasteiger partial charge in [0.15, 0.2) is 0 Å². The highest BCUT2D eigenvalue weighted by Gasteiger charge is 2.33. The first-order valence-corrected chi connectivity index (χ1v) is 8.00. The smallest absolute Gasteiger partial charge is 0.254 e. The molecule has 0 spiro atoms. The Morgan fingerprint density at radius 2 is 2.14 bits per heavy atom. The Morgan fingerprint density at radius 1 is 1.48 bits per heavy atom. The van der Waals surface area contributed by atoms with E-state index in [0.717, 1.165) is 43.7 Å². The minimum atomic E-state index is -0.740. The van der Waals surface area contributed by atoms with Crippen LogP contribution in [0.1, 0.15) is 62.0 Å². The lowest BCUT2D eigenvalue weighted by atomic mass is 9.78. The van der Waals surface area contributed by atoms with Crippen LogP contribution in [0.25, 0.3) is 0 Å². The molecule has 1 amide bonds. The summed E-state index contributed by atoms with van der Waals surface area (Å²) >= 11 is 0. The topological polar surface area (TPSA) is 67.2 Å². The highest BCUT2D eigenvalue weighted by molar-refractivity contribution is 5.95. The van der Waals surface area contributed by atoms with E-state index in [1.807, 2.05) is 14.0 Å². The Kier molecular flexibility index (Phi) is 5.04. The van der Waals surface area contributed by atoms with Crippen LogP contribution < -0.4 is 5.32 Å². The summed E-state index contributed by atoms with van der Waals surface area (Å²) in [5.74, 6) is 0.594. The third-order valence-electron chi connectivity index (χ3n) is 4.68. The van der Waals surface area contributed by atoms with Crippen molar-refractivity contribution in [2.24, 2.45) is 13.0 Å². The second-order valence-corrected chi connectivity index (χ2v) is 6.28. The molecule has 0 atom stereocenters. The second-order valence-electron chi connectivity index (χ2n) is 6.28. The molecular formula is C16H27N3O2. The van der Waals surface area contributed by atoms with E-state index in [1.165, 1.54) is 6.42 Å². The predicted molar refractivity (Wildman–Crippen MR) is 82.1 cm³/mol. The normalized spacial score (nSPS) is 25.8. The number of amides is 1. The summed E-state index contributed by atoms with van der Waals surface area (Å²) < 4.78 is 1.66. The fourth-order valence-electron chi connectivity index (χ4n) is 3.13.